The van der Waals surface area contributed by atoms with Crippen LogP contribution in [0.5, 0.6) is 5.75 Å². The van der Waals surface area contributed by atoms with E-state index in [1.807, 2.05) is 24.3 Å². The van der Waals surface area contributed by atoms with Gasteiger partial charge in [-0.25, -0.2) is 5.84 Å². The fourth-order valence-electron chi connectivity index (χ4n) is 2.55. The lowest BCUT2D eigenvalue weighted by atomic mass is 10.3. The predicted molar refractivity (Wildman–Crippen MR) is 115 cm³/mol. The molecule has 0 aliphatic rings. The van der Waals surface area contributed by atoms with Crippen LogP contribution < -0.4 is 21.3 Å². The summed E-state index contributed by atoms with van der Waals surface area (Å²) in [4.78, 5) is 11.5. The molecule has 2 aromatic carbocycles. The fraction of sp³-hybridized carbons (Fsp3) is 0.167. The normalized spacial score (nSPS) is 10.6. The molecule has 0 aliphatic heterocycles. The van der Waals surface area contributed by atoms with Crippen LogP contribution in [0.4, 0.5) is 5.69 Å². The van der Waals surface area contributed by atoms with E-state index in [0.717, 1.165) is 5.69 Å². The summed E-state index contributed by atoms with van der Waals surface area (Å²) in [7, 11) is 1.60. The first-order valence-corrected chi connectivity index (χ1v) is 10.2. The van der Waals surface area contributed by atoms with Crippen LogP contribution in [0.1, 0.15) is 5.82 Å². The number of thioether (sulfide) groups is 1. The minimum atomic E-state index is -0.333. The van der Waals surface area contributed by atoms with Crippen molar-refractivity contribution in [3.63, 3.8) is 0 Å². The third-order valence-electron chi connectivity index (χ3n) is 3.89. The van der Waals surface area contributed by atoms with Gasteiger partial charge in [-0.05, 0) is 30.3 Å². The number of hydrogen-bond acceptors (Lipinski definition) is 7. The van der Waals surface area contributed by atoms with Gasteiger partial charge in [0, 0.05) is 5.02 Å². The van der Waals surface area contributed by atoms with E-state index in [1.165, 1.54) is 11.8 Å². The van der Waals surface area contributed by atoms with Crippen LogP contribution in [0.15, 0.2) is 47.6 Å². The van der Waals surface area contributed by atoms with E-state index in [4.69, 9.17) is 33.8 Å². The Kier molecular flexibility index (Phi) is 7.21. The molecule has 3 aromatic rings. The highest BCUT2D eigenvalue weighted by Gasteiger charge is 2.18. The molecule has 0 radical (unpaired) electrons. The van der Waals surface area contributed by atoms with Crippen molar-refractivity contribution >= 4 is 46.6 Å². The van der Waals surface area contributed by atoms with Gasteiger partial charge in [-0.2, -0.15) is 0 Å². The molecular weight excluding hydrogens is 435 g/mol. The Morgan fingerprint density at radius 1 is 1.24 bits per heavy atom. The van der Waals surface area contributed by atoms with E-state index in [1.54, 1.807) is 29.9 Å². The minimum Gasteiger partial charge on any atom is -0.495 e. The summed E-state index contributed by atoms with van der Waals surface area (Å²) in [5.41, 5.74) is 3.55. The van der Waals surface area contributed by atoms with E-state index < -0.39 is 0 Å². The van der Waals surface area contributed by atoms with Crippen LogP contribution in [0.3, 0.4) is 0 Å². The van der Waals surface area contributed by atoms with Gasteiger partial charge in [0.15, 0.2) is 11.0 Å². The highest BCUT2D eigenvalue weighted by atomic mass is 35.5. The number of ether oxygens (including phenoxy) is 1. The Bertz CT molecular complexity index is 1010. The number of hydrogen-bond donors (Lipinski definition) is 3. The fourth-order valence-corrected chi connectivity index (χ4v) is 3.82. The molecule has 1 aromatic heterocycles. The van der Waals surface area contributed by atoms with Crippen LogP contribution in [-0.4, -0.2) is 33.5 Å². The standard InChI is InChI=1S/C18H18Cl2N6O2S/c1-28-15-5-3-2-4-13(15)22-9-16-24-25-18(29-10-17(27)23-21)26(16)14-7-6-11(19)8-12(14)20/h2-8,22H,9-10,21H2,1H3,(H,23,27). The minimum absolute atomic E-state index is 0.0831. The molecule has 29 heavy (non-hydrogen) atoms. The Morgan fingerprint density at radius 2 is 2.03 bits per heavy atom. The van der Waals surface area contributed by atoms with E-state index in [0.29, 0.717) is 39.0 Å². The summed E-state index contributed by atoms with van der Waals surface area (Å²) in [6, 6.07) is 12.7. The van der Waals surface area contributed by atoms with E-state index in [2.05, 4.69) is 20.9 Å². The molecule has 0 bridgehead atoms. The van der Waals surface area contributed by atoms with Crippen LogP contribution in [0.25, 0.3) is 5.69 Å². The van der Waals surface area contributed by atoms with Crippen LogP contribution >= 0.6 is 35.0 Å². The first-order chi connectivity index (χ1) is 14.0. The molecule has 0 spiro atoms. The number of para-hydroxylation sites is 2. The van der Waals surface area contributed by atoms with Gasteiger partial charge in [0.2, 0.25) is 5.91 Å². The van der Waals surface area contributed by atoms with Crippen molar-refractivity contribution in [2.75, 3.05) is 18.2 Å². The quantitative estimate of drug-likeness (QED) is 0.208. The molecule has 3 rings (SSSR count). The average molecular weight is 453 g/mol. The molecule has 0 unspecified atom stereocenters. The Morgan fingerprint density at radius 3 is 2.76 bits per heavy atom. The molecule has 1 amide bonds. The molecule has 0 fully saturated rings. The van der Waals surface area contributed by atoms with Gasteiger partial charge in [0.25, 0.3) is 0 Å². The zero-order chi connectivity index (χ0) is 20.8. The maximum Gasteiger partial charge on any atom is 0.244 e. The summed E-state index contributed by atoms with van der Waals surface area (Å²) in [5, 5.41) is 13.2. The Balaban J connectivity index is 1.93. The molecular formula is C18H18Cl2N6O2S. The Labute approximate surface area is 181 Å². The van der Waals surface area contributed by atoms with E-state index in [9.17, 15) is 4.79 Å². The maximum absolute atomic E-state index is 11.5. The highest BCUT2D eigenvalue weighted by Crippen LogP contribution is 2.30. The number of rotatable bonds is 8. The van der Waals surface area contributed by atoms with Gasteiger partial charge < -0.3 is 10.1 Å². The number of amides is 1. The topological polar surface area (TPSA) is 107 Å². The third-order valence-corrected chi connectivity index (χ3v) is 5.36. The second-order valence-corrected chi connectivity index (χ2v) is 7.53. The molecule has 8 nitrogen and oxygen atoms in total. The van der Waals surface area contributed by atoms with Crippen LogP contribution in [0.2, 0.25) is 10.0 Å². The SMILES string of the molecule is COc1ccccc1NCc1nnc(SCC(=O)NN)n1-c1ccc(Cl)cc1Cl. The van der Waals surface area contributed by atoms with Gasteiger partial charge in [-0.1, -0.05) is 47.1 Å². The van der Waals surface area contributed by atoms with Crippen molar-refractivity contribution in [1.29, 1.82) is 0 Å². The first-order valence-electron chi connectivity index (χ1n) is 8.42. The van der Waals surface area contributed by atoms with Gasteiger partial charge in [0.1, 0.15) is 5.75 Å². The highest BCUT2D eigenvalue weighted by molar-refractivity contribution is 7.99. The van der Waals surface area contributed by atoms with E-state index >= 15 is 0 Å². The Hall–Kier alpha value is -2.46. The van der Waals surface area contributed by atoms with Crippen molar-refractivity contribution in [3.05, 3.63) is 58.3 Å². The lowest BCUT2D eigenvalue weighted by Gasteiger charge is -2.14. The van der Waals surface area contributed by atoms with Crippen molar-refractivity contribution in [2.45, 2.75) is 11.7 Å². The van der Waals surface area contributed by atoms with E-state index in [-0.39, 0.29) is 11.7 Å². The maximum atomic E-state index is 11.5. The number of carbonyl (C=O) groups excluding carboxylic acids is 1. The van der Waals surface area contributed by atoms with Crippen molar-refractivity contribution in [1.82, 2.24) is 20.2 Å². The number of nitrogens with two attached hydrogens (primary N) is 1. The molecule has 152 valence electrons. The second kappa shape index (κ2) is 9.84. The summed E-state index contributed by atoms with van der Waals surface area (Å²) in [5.74, 6) is 6.21. The lowest BCUT2D eigenvalue weighted by Crippen LogP contribution is -2.31. The monoisotopic (exact) mass is 452 g/mol. The average Bonchev–Trinajstić information content (AvgIpc) is 3.13. The van der Waals surface area contributed by atoms with Gasteiger partial charge >= 0.3 is 0 Å². The molecule has 0 saturated heterocycles. The molecule has 4 N–H and O–H groups in total. The summed E-state index contributed by atoms with van der Waals surface area (Å²) in [6.45, 7) is 0.343. The number of nitrogens with one attached hydrogen (secondary N) is 2. The van der Waals surface area contributed by atoms with Crippen molar-refractivity contribution in [3.8, 4) is 11.4 Å². The summed E-state index contributed by atoms with van der Waals surface area (Å²) in [6.07, 6.45) is 0. The second-order valence-electron chi connectivity index (χ2n) is 5.74. The zero-order valence-electron chi connectivity index (χ0n) is 15.4. The number of nitrogens with zero attached hydrogens (tertiary/aromatic N) is 3. The number of anilines is 1. The van der Waals surface area contributed by atoms with Crippen molar-refractivity contribution < 1.29 is 9.53 Å². The van der Waals surface area contributed by atoms with Gasteiger partial charge in [-0.3, -0.25) is 14.8 Å². The number of aromatic nitrogens is 3. The van der Waals surface area contributed by atoms with Crippen molar-refractivity contribution in [2.24, 2.45) is 5.84 Å². The largest absolute Gasteiger partial charge is 0.495 e. The van der Waals surface area contributed by atoms with Crippen LogP contribution in [0, 0.1) is 0 Å². The number of halogens is 2. The molecule has 0 aliphatic carbocycles. The first kappa shape index (κ1) is 21.3. The molecule has 0 atom stereocenters. The molecule has 1 heterocycles. The number of benzene rings is 2. The summed E-state index contributed by atoms with van der Waals surface area (Å²) < 4.78 is 7.14. The number of hydrazine groups is 1. The predicted octanol–water partition coefficient (Wildman–Crippen LogP) is 3.28. The zero-order valence-corrected chi connectivity index (χ0v) is 17.7. The van der Waals surface area contributed by atoms with Crippen LogP contribution in [-0.2, 0) is 11.3 Å². The number of carbonyl (C=O) groups is 1. The third kappa shape index (κ3) is 5.13. The smallest absolute Gasteiger partial charge is 0.244 e. The van der Waals surface area contributed by atoms with Gasteiger partial charge in [-0.15, -0.1) is 10.2 Å². The van der Waals surface area contributed by atoms with Gasteiger partial charge in [0.05, 0.1) is 35.8 Å². The number of methoxy groups -OCH3 is 1. The molecule has 11 heteroatoms. The molecule has 0 saturated carbocycles. The lowest BCUT2D eigenvalue weighted by molar-refractivity contribution is -0.118. The summed E-state index contributed by atoms with van der Waals surface area (Å²) >= 11 is 13.6.